The van der Waals surface area contributed by atoms with Crippen LogP contribution in [-0.2, 0) is 11.3 Å². The molecule has 0 saturated heterocycles. The number of hydrogen-bond acceptors (Lipinski definition) is 5. The number of carbonyl (C=O) groups excluding carboxylic acids is 1. The van der Waals surface area contributed by atoms with E-state index in [1.54, 1.807) is 24.3 Å². The van der Waals surface area contributed by atoms with Crippen molar-refractivity contribution in [2.24, 2.45) is 0 Å². The van der Waals surface area contributed by atoms with Gasteiger partial charge in [0.15, 0.2) is 5.13 Å². The monoisotopic (exact) mass is 360 g/mol. The Hall–Kier alpha value is -2.25. The molecule has 8 heteroatoms. The molecule has 0 aliphatic heterocycles. The summed E-state index contributed by atoms with van der Waals surface area (Å²) in [7, 11) is 0. The molecule has 1 fully saturated rings. The molecule has 0 unspecified atom stereocenters. The molecule has 0 atom stereocenters. The van der Waals surface area contributed by atoms with Crippen LogP contribution in [0.2, 0.25) is 5.02 Å². The molecule has 1 aliphatic carbocycles. The molecule has 1 saturated carbocycles. The van der Waals surface area contributed by atoms with E-state index in [4.69, 9.17) is 11.6 Å². The second-order valence-electron chi connectivity index (χ2n) is 5.71. The third kappa shape index (κ3) is 3.18. The highest BCUT2D eigenvalue weighted by atomic mass is 35.5. The normalized spacial score (nSPS) is 14.0. The summed E-state index contributed by atoms with van der Waals surface area (Å²) >= 11 is 7.29. The van der Waals surface area contributed by atoms with Gasteiger partial charge in [-0.15, -0.1) is 0 Å². The van der Waals surface area contributed by atoms with Gasteiger partial charge in [0.05, 0.1) is 15.9 Å². The van der Waals surface area contributed by atoms with Crippen LogP contribution in [0.25, 0.3) is 10.2 Å². The fourth-order valence-electron chi connectivity index (χ4n) is 2.42. The van der Waals surface area contributed by atoms with Crippen LogP contribution in [0.15, 0.2) is 35.1 Å². The number of nitrogens with one attached hydrogen (secondary N) is 1. The second-order valence-corrected chi connectivity index (χ2v) is 7.17. The van der Waals surface area contributed by atoms with E-state index in [1.165, 1.54) is 22.1 Å². The molecule has 2 aromatic heterocycles. The molecule has 4 rings (SSSR count). The van der Waals surface area contributed by atoms with Crippen LogP contribution in [0.4, 0.5) is 5.13 Å². The van der Waals surface area contributed by atoms with Gasteiger partial charge in [-0.2, -0.15) is 5.10 Å². The Morgan fingerprint density at radius 3 is 2.96 bits per heavy atom. The van der Waals surface area contributed by atoms with E-state index in [-0.39, 0.29) is 18.0 Å². The minimum Gasteiger partial charge on any atom is -0.300 e. The van der Waals surface area contributed by atoms with Gasteiger partial charge in [0.1, 0.15) is 6.54 Å². The molecule has 1 amide bonds. The third-order valence-corrected chi connectivity index (χ3v) is 4.94. The van der Waals surface area contributed by atoms with Crippen molar-refractivity contribution >= 4 is 44.2 Å². The van der Waals surface area contributed by atoms with Gasteiger partial charge in [-0.05, 0) is 37.1 Å². The lowest BCUT2D eigenvalue weighted by Gasteiger charge is -2.06. The van der Waals surface area contributed by atoms with Crippen LogP contribution in [0, 0.1) is 0 Å². The van der Waals surface area contributed by atoms with E-state index in [0.717, 1.165) is 28.8 Å². The lowest BCUT2D eigenvalue weighted by Crippen LogP contribution is -2.29. The van der Waals surface area contributed by atoms with Gasteiger partial charge >= 0.3 is 0 Å². The molecule has 0 spiro atoms. The first-order valence-corrected chi connectivity index (χ1v) is 8.72. The molecular weight excluding hydrogens is 348 g/mol. The first-order chi connectivity index (χ1) is 11.6. The number of rotatable bonds is 4. The van der Waals surface area contributed by atoms with Crippen LogP contribution in [-0.4, -0.2) is 20.7 Å². The van der Waals surface area contributed by atoms with E-state index < -0.39 is 0 Å². The molecule has 0 radical (unpaired) electrons. The summed E-state index contributed by atoms with van der Waals surface area (Å²) in [5.41, 5.74) is 1.35. The van der Waals surface area contributed by atoms with Gasteiger partial charge in [0, 0.05) is 17.0 Å². The Labute approximate surface area is 146 Å². The standard InChI is InChI=1S/C16H13ClN4O2S/c17-10-3-4-12-13(7-10)24-16(18-12)19-14(22)8-21-15(23)6-5-11(20-21)9-1-2-9/h3-7,9H,1-2,8H2,(H,18,19,22). The lowest BCUT2D eigenvalue weighted by atomic mass is 10.3. The maximum absolute atomic E-state index is 12.2. The number of thiazole rings is 1. The molecule has 1 N–H and O–H groups in total. The van der Waals surface area contributed by atoms with Gasteiger partial charge in [0.2, 0.25) is 5.91 Å². The summed E-state index contributed by atoms with van der Waals surface area (Å²) in [6.45, 7) is -0.129. The van der Waals surface area contributed by atoms with Gasteiger partial charge in [0.25, 0.3) is 5.56 Å². The molecule has 24 heavy (non-hydrogen) atoms. The molecule has 122 valence electrons. The first kappa shape index (κ1) is 15.3. The smallest absolute Gasteiger partial charge is 0.267 e. The van der Waals surface area contributed by atoms with Crippen molar-refractivity contribution in [1.29, 1.82) is 0 Å². The van der Waals surface area contributed by atoms with Gasteiger partial charge < -0.3 is 5.32 Å². The van der Waals surface area contributed by atoms with E-state index in [2.05, 4.69) is 15.4 Å². The van der Waals surface area contributed by atoms with Crippen molar-refractivity contribution in [3.8, 4) is 0 Å². The van der Waals surface area contributed by atoms with Gasteiger partial charge in [-0.25, -0.2) is 9.67 Å². The second kappa shape index (κ2) is 5.99. The van der Waals surface area contributed by atoms with E-state index in [1.807, 2.05) is 0 Å². The molecule has 6 nitrogen and oxygen atoms in total. The fourth-order valence-corrected chi connectivity index (χ4v) is 3.58. The van der Waals surface area contributed by atoms with Crippen molar-refractivity contribution in [2.75, 3.05) is 5.32 Å². The summed E-state index contributed by atoms with van der Waals surface area (Å²) in [5.74, 6) is 0.0941. The minimum absolute atomic E-state index is 0.129. The van der Waals surface area contributed by atoms with Crippen LogP contribution >= 0.6 is 22.9 Å². The molecule has 3 aromatic rings. The molecule has 1 aromatic carbocycles. The predicted molar refractivity (Wildman–Crippen MR) is 93.7 cm³/mol. The lowest BCUT2D eigenvalue weighted by molar-refractivity contribution is -0.117. The number of anilines is 1. The number of hydrogen-bond donors (Lipinski definition) is 1. The first-order valence-electron chi connectivity index (χ1n) is 7.52. The maximum atomic E-state index is 12.2. The summed E-state index contributed by atoms with van der Waals surface area (Å²) < 4.78 is 2.09. The number of benzene rings is 1. The Balaban J connectivity index is 1.51. The Morgan fingerprint density at radius 1 is 1.33 bits per heavy atom. The molecule has 2 heterocycles. The zero-order chi connectivity index (χ0) is 16.7. The minimum atomic E-state index is -0.331. The number of fused-ring (bicyclic) bond motifs is 1. The maximum Gasteiger partial charge on any atom is 0.267 e. The highest BCUT2D eigenvalue weighted by molar-refractivity contribution is 7.22. The zero-order valence-corrected chi connectivity index (χ0v) is 14.1. The third-order valence-electron chi connectivity index (χ3n) is 3.77. The largest absolute Gasteiger partial charge is 0.300 e. The van der Waals surface area contributed by atoms with Crippen molar-refractivity contribution in [2.45, 2.75) is 25.3 Å². The highest BCUT2D eigenvalue weighted by Crippen LogP contribution is 2.38. The zero-order valence-electron chi connectivity index (χ0n) is 12.5. The summed E-state index contributed by atoms with van der Waals surface area (Å²) in [6.07, 6.45) is 2.18. The number of amides is 1. The van der Waals surface area contributed by atoms with Crippen molar-refractivity contribution in [1.82, 2.24) is 14.8 Å². The number of aromatic nitrogens is 3. The van der Waals surface area contributed by atoms with Crippen molar-refractivity contribution in [3.63, 3.8) is 0 Å². The van der Waals surface area contributed by atoms with E-state index >= 15 is 0 Å². The SMILES string of the molecule is O=C(Cn1nc(C2CC2)ccc1=O)Nc1nc2ccc(Cl)cc2s1. The molecular formula is C16H13ClN4O2S. The summed E-state index contributed by atoms with van der Waals surface area (Å²) in [4.78, 5) is 28.4. The quantitative estimate of drug-likeness (QED) is 0.775. The van der Waals surface area contributed by atoms with Crippen LogP contribution in [0.1, 0.15) is 24.5 Å². The van der Waals surface area contributed by atoms with Crippen LogP contribution in [0.5, 0.6) is 0 Å². The molecule has 0 bridgehead atoms. The highest BCUT2D eigenvalue weighted by Gasteiger charge is 2.25. The molecule has 1 aliphatic rings. The number of nitrogens with zero attached hydrogens (tertiary/aromatic N) is 3. The fraction of sp³-hybridized carbons (Fsp3) is 0.250. The average Bonchev–Trinajstić information content (AvgIpc) is 3.30. The summed E-state index contributed by atoms with van der Waals surface area (Å²) in [5, 5.41) is 8.09. The average molecular weight is 361 g/mol. The Kier molecular flexibility index (Phi) is 3.82. The Bertz CT molecular complexity index is 993. The van der Waals surface area contributed by atoms with E-state index in [0.29, 0.717) is 16.1 Å². The topological polar surface area (TPSA) is 76.9 Å². The van der Waals surface area contributed by atoms with E-state index in [9.17, 15) is 9.59 Å². The summed E-state index contributed by atoms with van der Waals surface area (Å²) in [6, 6.07) is 8.56. The van der Waals surface area contributed by atoms with Crippen LogP contribution in [0.3, 0.4) is 0 Å². The van der Waals surface area contributed by atoms with Gasteiger partial charge in [-0.1, -0.05) is 22.9 Å². The number of carbonyl (C=O) groups is 1. The van der Waals surface area contributed by atoms with Crippen LogP contribution < -0.4 is 10.9 Å². The van der Waals surface area contributed by atoms with Gasteiger partial charge in [-0.3, -0.25) is 9.59 Å². The predicted octanol–water partition coefficient (Wildman–Crippen LogP) is 3.02. The number of halogens is 1. The Morgan fingerprint density at radius 2 is 2.17 bits per heavy atom. The van der Waals surface area contributed by atoms with Crippen molar-refractivity contribution < 1.29 is 4.79 Å². The van der Waals surface area contributed by atoms with Crippen molar-refractivity contribution in [3.05, 3.63) is 51.4 Å².